The highest BCUT2D eigenvalue weighted by Gasteiger charge is 2.25. The van der Waals surface area contributed by atoms with E-state index in [4.69, 9.17) is 8.85 Å². The zero-order chi connectivity index (χ0) is 14.8. The van der Waals surface area contributed by atoms with Crippen molar-refractivity contribution < 1.29 is 8.85 Å². The molecule has 1 atom stereocenters. The second-order valence-corrected chi connectivity index (χ2v) is 7.50. The van der Waals surface area contributed by atoms with Crippen molar-refractivity contribution in [1.82, 2.24) is 0 Å². The summed E-state index contributed by atoms with van der Waals surface area (Å²) in [6, 6.07) is 19.4. The van der Waals surface area contributed by atoms with E-state index in [0.717, 1.165) is 0 Å². The summed E-state index contributed by atoms with van der Waals surface area (Å²) in [4.78, 5) is 0. The van der Waals surface area contributed by atoms with E-state index in [0.29, 0.717) is 0 Å². The molecule has 0 saturated heterocycles. The van der Waals surface area contributed by atoms with Crippen LogP contribution in [0.2, 0.25) is 0 Å². The van der Waals surface area contributed by atoms with E-state index in [-0.39, 0.29) is 5.54 Å². The minimum atomic E-state index is -1.30. The van der Waals surface area contributed by atoms with Crippen molar-refractivity contribution in [3.63, 3.8) is 0 Å². The van der Waals surface area contributed by atoms with Crippen LogP contribution in [0.5, 0.6) is 0 Å². The Bertz CT molecular complexity index is 765. The van der Waals surface area contributed by atoms with Gasteiger partial charge in [-0.1, -0.05) is 61.5 Å². The summed E-state index contributed by atoms with van der Waals surface area (Å²) in [7, 11) is 2.17. The Morgan fingerprint density at radius 1 is 0.762 bits per heavy atom. The van der Waals surface area contributed by atoms with Crippen LogP contribution in [0.3, 0.4) is 0 Å². The highest BCUT2D eigenvalue weighted by atomic mass is 28.3. The number of rotatable bonds is 4. The molecule has 2 nitrogen and oxygen atoms in total. The fourth-order valence-electron chi connectivity index (χ4n) is 3.01. The molecule has 107 valence electrons. The van der Waals surface area contributed by atoms with Gasteiger partial charge in [-0.3, -0.25) is 0 Å². The van der Waals surface area contributed by atoms with Crippen LogP contribution in [0.1, 0.15) is 18.0 Å². The zero-order valence-electron chi connectivity index (χ0n) is 12.6. The van der Waals surface area contributed by atoms with Crippen molar-refractivity contribution in [2.45, 2.75) is 12.5 Å². The molecule has 3 heteroatoms. The predicted octanol–water partition coefficient (Wildman–Crippen LogP) is 4.42. The molecule has 1 unspecified atom stereocenters. The quantitative estimate of drug-likeness (QED) is 0.524. The van der Waals surface area contributed by atoms with Crippen molar-refractivity contribution in [2.24, 2.45) is 0 Å². The van der Waals surface area contributed by atoms with E-state index in [9.17, 15) is 0 Å². The van der Waals surface area contributed by atoms with Crippen LogP contribution in [0.4, 0.5) is 0 Å². The molecular formula is C18H19O2Si. The Morgan fingerprint density at radius 2 is 1.48 bits per heavy atom. The van der Waals surface area contributed by atoms with Crippen LogP contribution < -0.4 is 0 Å². The Hall–Kier alpha value is -1.68. The van der Waals surface area contributed by atoms with E-state index in [1.165, 1.54) is 27.1 Å². The number of hydrogen-bond donors (Lipinski definition) is 0. The van der Waals surface area contributed by atoms with Gasteiger partial charge < -0.3 is 8.85 Å². The predicted molar refractivity (Wildman–Crippen MR) is 89.6 cm³/mol. The minimum absolute atomic E-state index is 0.273. The van der Waals surface area contributed by atoms with Crippen LogP contribution in [0.15, 0.2) is 54.6 Å². The first-order valence-corrected chi connectivity index (χ1v) is 8.51. The summed E-state index contributed by atoms with van der Waals surface area (Å²) in [6.45, 7) is 2.19. The molecule has 0 aliphatic rings. The molecule has 0 fully saturated rings. The zero-order valence-corrected chi connectivity index (χ0v) is 13.6. The highest BCUT2D eigenvalue weighted by Crippen LogP contribution is 2.32. The van der Waals surface area contributed by atoms with Crippen LogP contribution in [0, 0.1) is 0 Å². The van der Waals surface area contributed by atoms with Crippen LogP contribution in [0.25, 0.3) is 21.5 Å². The number of benzene rings is 3. The fraction of sp³-hybridized carbons (Fsp3) is 0.222. The summed E-state index contributed by atoms with van der Waals surface area (Å²) in [5.74, 6) is 0. The van der Waals surface area contributed by atoms with Gasteiger partial charge in [0, 0.05) is 19.8 Å². The third-order valence-electron chi connectivity index (χ3n) is 4.04. The first-order valence-electron chi connectivity index (χ1n) is 7.11. The van der Waals surface area contributed by atoms with Crippen LogP contribution >= 0.6 is 0 Å². The van der Waals surface area contributed by atoms with Gasteiger partial charge in [0.25, 0.3) is 0 Å². The molecule has 0 amide bonds. The first kappa shape index (κ1) is 14.3. The van der Waals surface area contributed by atoms with Crippen molar-refractivity contribution in [3.05, 3.63) is 60.2 Å². The van der Waals surface area contributed by atoms with Gasteiger partial charge in [0.2, 0.25) is 0 Å². The smallest absolute Gasteiger partial charge is 0.391 e. The maximum atomic E-state index is 5.53. The molecule has 21 heavy (non-hydrogen) atoms. The van der Waals surface area contributed by atoms with Crippen LogP contribution in [-0.2, 0) is 8.85 Å². The molecule has 0 N–H and O–H groups in total. The van der Waals surface area contributed by atoms with Crippen molar-refractivity contribution in [3.8, 4) is 0 Å². The van der Waals surface area contributed by atoms with Crippen molar-refractivity contribution in [2.75, 3.05) is 14.2 Å². The van der Waals surface area contributed by atoms with Gasteiger partial charge in [0.05, 0.1) is 0 Å². The molecule has 1 radical (unpaired) electrons. The average Bonchev–Trinajstić information content (AvgIpc) is 2.55. The molecule has 0 saturated carbocycles. The summed E-state index contributed by atoms with van der Waals surface area (Å²) in [5.41, 5.74) is 1.57. The Labute approximate surface area is 127 Å². The standard InChI is InChI=1S/C18H19O2Si/c1-13(21(19-2)20-3)15-9-6-10-17-16-8-5-4-7-14(16)11-12-18(15)17/h4-13H,1-3H3. The van der Waals surface area contributed by atoms with Gasteiger partial charge in [-0.15, -0.1) is 0 Å². The summed E-state index contributed by atoms with van der Waals surface area (Å²) in [5, 5.41) is 5.16. The molecule has 0 aliphatic heterocycles. The Kier molecular flexibility index (Phi) is 4.06. The van der Waals surface area contributed by atoms with Crippen molar-refractivity contribution in [1.29, 1.82) is 0 Å². The molecule has 0 aliphatic carbocycles. The topological polar surface area (TPSA) is 18.5 Å². The lowest BCUT2D eigenvalue weighted by Crippen LogP contribution is -2.27. The van der Waals surface area contributed by atoms with E-state index < -0.39 is 9.28 Å². The second kappa shape index (κ2) is 5.98. The molecule has 0 aromatic heterocycles. The Morgan fingerprint density at radius 3 is 2.24 bits per heavy atom. The normalized spacial score (nSPS) is 13.1. The highest BCUT2D eigenvalue weighted by molar-refractivity contribution is 6.46. The van der Waals surface area contributed by atoms with Crippen molar-refractivity contribution >= 4 is 30.8 Å². The first-order chi connectivity index (χ1) is 10.3. The second-order valence-electron chi connectivity index (χ2n) is 5.18. The van der Waals surface area contributed by atoms with Gasteiger partial charge in [0.1, 0.15) is 0 Å². The lowest BCUT2D eigenvalue weighted by molar-refractivity contribution is 0.269. The summed E-state index contributed by atoms with van der Waals surface area (Å²) in [6.07, 6.45) is 0. The Balaban J connectivity index is 2.23. The number of fused-ring (bicyclic) bond motifs is 3. The lowest BCUT2D eigenvalue weighted by atomic mass is 9.97. The summed E-state index contributed by atoms with van der Waals surface area (Å²) < 4.78 is 11.1. The lowest BCUT2D eigenvalue weighted by Gasteiger charge is -2.19. The largest absolute Gasteiger partial charge is 0.396 e. The van der Waals surface area contributed by atoms with Gasteiger partial charge >= 0.3 is 9.28 Å². The van der Waals surface area contributed by atoms with Gasteiger partial charge in [0.15, 0.2) is 0 Å². The third kappa shape index (κ3) is 2.48. The number of hydrogen-bond acceptors (Lipinski definition) is 2. The maximum Gasteiger partial charge on any atom is 0.391 e. The molecule has 0 heterocycles. The van der Waals surface area contributed by atoms with Gasteiger partial charge in [-0.05, 0) is 27.1 Å². The van der Waals surface area contributed by atoms with E-state index in [1.54, 1.807) is 14.2 Å². The van der Waals surface area contributed by atoms with E-state index >= 15 is 0 Å². The molecule has 3 aromatic rings. The molecular weight excluding hydrogens is 276 g/mol. The van der Waals surface area contributed by atoms with Crippen LogP contribution in [-0.4, -0.2) is 23.5 Å². The molecule has 0 spiro atoms. The maximum absolute atomic E-state index is 5.53. The van der Waals surface area contributed by atoms with E-state index in [1.807, 2.05) is 0 Å². The monoisotopic (exact) mass is 295 g/mol. The van der Waals surface area contributed by atoms with Gasteiger partial charge in [-0.25, -0.2) is 0 Å². The minimum Gasteiger partial charge on any atom is -0.396 e. The summed E-state index contributed by atoms with van der Waals surface area (Å²) >= 11 is 0. The average molecular weight is 295 g/mol. The molecule has 0 bridgehead atoms. The third-order valence-corrected chi connectivity index (χ3v) is 5.87. The SMILES string of the molecule is CO[Si](OC)C(C)c1cccc2c1ccc1ccccc12. The molecule has 3 aromatic carbocycles. The fourth-order valence-corrected chi connectivity index (χ4v) is 4.39. The molecule has 3 rings (SSSR count). The van der Waals surface area contributed by atoms with Gasteiger partial charge in [-0.2, -0.15) is 0 Å². The van der Waals surface area contributed by atoms with E-state index in [2.05, 4.69) is 61.5 Å².